The van der Waals surface area contributed by atoms with Gasteiger partial charge in [-0.2, -0.15) is 0 Å². The minimum Gasteiger partial charge on any atom is -0.345 e. The second-order valence-electron chi connectivity index (χ2n) is 6.78. The van der Waals surface area contributed by atoms with E-state index in [0.717, 1.165) is 35.1 Å². The van der Waals surface area contributed by atoms with E-state index < -0.39 is 5.54 Å². The first-order valence-electron chi connectivity index (χ1n) is 8.13. The summed E-state index contributed by atoms with van der Waals surface area (Å²) in [5, 5.41) is 12.6. The molecule has 2 aromatic heterocycles. The number of rotatable bonds is 4. The molecule has 0 saturated heterocycles. The molecule has 1 N–H and O–H groups in total. The van der Waals surface area contributed by atoms with Crippen molar-refractivity contribution in [2.75, 3.05) is 0 Å². The van der Waals surface area contributed by atoms with Gasteiger partial charge in [0.15, 0.2) is 0 Å². The van der Waals surface area contributed by atoms with E-state index in [1.54, 1.807) is 10.9 Å². The second-order valence-corrected chi connectivity index (χ2v) is 6.78. The number of amides is 1. The van der Waals surface area contributed by atoms with Gasteiger partial charge in [0, 0.05) is 17.5 Å². The third-order valence-electron chi connectivity index (χ3n) is 4.39. The Morgan fingerprint density at radius 2 is 2.08 bits per heavy atom. The zero-order valence-electron chi connectivity index (χ0n) is 13.7. The first-order chi connectivity index (χ1) is 11.5. The van der Waals surface area contributed by atoms with Crippen molar-refractivity contribution in [3.05, 3.63) is 48.4 Å². The Morgan fingerprint density at radius 1 is 1.25 bits per heavy atom. The lowest BCUT2D eigenvalue weighted by Gasteiger charge is -2.23. The number of aromatic nitrogens is 4. The molecular formula is C18H19N5O. The zero-order valence-corrected chi connectivity index (χ0v) is 13.7. The summed E-state index contributed by atoms with van der Waals surface area (Å²) < 4.78 is 1.74. The quantitative estimate of drug-likeness (QED) is 0.801. The van der Waals surface area contributed by atoms with Gasteiger partial charge in [-0.1, -0.05) is 11.3 Å². The molecule has 3 aromatic rings. The Kier molecular flexibility index (Phi) is 3.33. The molecule has 122 valence electrons. The average molecular weight is 321 g/mol. The minimum atomic E-state index is -0.555. The molecule has 1 fully saturated rings. The van der Waals surface area contributed by atoms with Crippen molar-refractivity contribution >= 4 is 16.8 Å². The van der Waals surface area contributed by atoms with Gasteiger partial charge in [-0.25, -0.2) is 4.68 Å². The maximum absolute atomic E-state index is 12.1. The number of nitrogens with one attached hydrogen (secondary N) is 1. The molecule has 24 heavy (non-hydrogen) atoms. The van der Waals surface area contributed by atoms with Crippen LogP contribution < -0.4 is 5.32 Å². The predicted molar refractivity (Wildman–Crippen MR) is 90.6 cm³/mol. The summed E-state index contributed by atoms with van der Waals surface area (Å²) in [7, 11) is 0. The van der Waals surface area contributed by atoms with Crippen molar-refractivity contribution in [2.24, 2.45) is 5.92 Å². The normalized spacial score (nSPS) is 14.8. The van der Waals surface area contributed by atoms with E-state index >= 15 is 0 Å². The molecule has 0 spiro atoms. The Balaban J connectivity index is 1.67. The highest BCUT2D eigenvalue weighted by Gasteiger charge is 2.35. The van der Waals surface area contributed by atoms with Gasteiger partial charge in [0.25, 0.3) is 0 Å². The number of hydrogen-bond acceptors (Lipinski definition) is 4. The van der Waals surface area contributed by atoms with Crippen molar-refractivity contribution in [1.29, 1.82) is 0 Å². The first kappa shape index (κ1) is 14.8. The Morgan fingerprint density at radius 3 is 2.88 bits per heavy atom. The van der Waals surface area contributed by atoms with Gasteiger partial charge in [-0.15, -0.1) is 5.10 Å². The maximum Gasteiger partial charge on any atom is 0.223 e. The lowest BCUT2D eigenvalue weighted by molar-refractivity contribution is -0.124. The monoisotopic (exact) mass is 321 g/mol. The molecule has 1 aliphatic rings. The number of benzene rings is 1. The van der Waals surface area contributed by atoms with E-state index in [1.165, 1.54) is 0 Å². The summed E-state index contributed by atoms with van der Waals surface area (Å²) in [5.41, 5.74) is 2.01. The maximum atomic E-state index is 12.1. The number of fused-ring (bicyclic) bond motifs is 1. The van der Waals surface area contributed by atoms with Crippen molar-refractivity contribution < 1.29 is 4.79 Å². The number of nitrogens with zero attached hydrogens (tertiary/aromatic N) is 4. The molecule has 1 aliphatic carbocycles. The second kappa shape index (κ2) is 5.40. The van der Waals surface area contributed by atoms with E-state index in [4.69, 9.17) is 0 Å². The molecule has 0 bridgehead atoms. The van der Waals surface area contributed by atoms with Crippen LogP contribution in [0.3, 0.4) is 0 Å². The largest absolute Gasteiger partial charge is 0.345 e. The fraction of sp³-hybridized carbons (Fsp3) is 0.333. The third kappa shape index (κ3) is 2.64. The van der Waals surface area contributed by atoms with Crippen molar-refractivity contribution in [3.8, 4) is 5.69 Å². The van der Waals surface area contributed by atoms with Gasteiger partial charge in [-0.3, -0.25) is 9.78 Å². The molecule has 1 saturated carbocycles. The lowest BCUT2D eigenvalue weighted by Crippen LogP contribution is -2.42. The van der Waals surface area contributed by atoms with Gasteiger partial charge < -0.3 is 5.32 Å². The molecule has 1 amide bonds. The number of hydrogen-bond donors (Lipinski definition) is 1. The molecule has 0 atom stereocenters. The van der Waals surface area contributed by atoms with Crippen LogP contribution in [-0.2, 0) is 10.3 Å². The summed E-state index contributed by atoms with van der Waals surface area (Å²) in [6.07, 6.45) is 5.61. The van der Waals surface area contributed by atoms with Gasteiger partial charge in [0.2, 0.25) is 5.91 Å². The molecule has 4 rings (SSSR count). The standard InChI is InChI=1S/C18H19N5O/c1-18(2,20-17(24)12-8-9-12)16-11-23(22-21-16)15-7-3-6-14-13(15)5-4-10-19-14/h3-7,10-12H,8-9H2,1-2H3,(H,20,24). The van der Waals surface area contributed by atoms with Gasteiger partial charge in [0.05, 0.1) is 22.9 Å². The van der Waals surface area contributed by atoms with Gasteiger partial charge >= 0.3 is 0 Å². The van der Waals surface area contributed by atoms with Crippen molar-refractivity contribution in [2.45, 2.75) is 32.2 Å². The lowest BCUT2D eigenvalue weighted by atomic mass is 10.0. The van der Waals surface area contributed by atoms with Crippen LogP contribution >= 0.6 is 0 Å². The summed E-state index contributed by atoms with van der Waals surface area (Å²) in [5.74, 6) is 0.271. The average Bonchev–Trinajstić information content (AvgIpc) is 3.31. The molecule has 0 aliphatic heterocycles. The van der Waals surface area contributed by atoms with E-state index in [2.05, 4.69) is 20.6 Å². The van der Waals surface area contributed by atoms with Crippen LogP contribution in [0.1, 0.15) is 32.4 Å². The van der Waals surface area contributed by atoms with E-state index in [1.807, 2.05) is 50.4 Å². The van der Waals surface area contributed by atoms with Gasteiger partial charge in [0.1, 0.15) is 5.69 Å². The third-order valence-corrected chi connectivity index (χ3v) is 4.39. The first-order valence-corrected chi connectivity index (χ1v) is 8.13. The van der Waals surface area contributed by atoms with Crippen molar-refractivity contribution in [3.63, 3.8) is 0 Å². The van der Waals surface area contributed by atoms with Crippen molar-refractivity contribution in [1.82, 2.24) is 25.3 Å². The Labute approximate surface area is 139 Å². The SMILES string of the molecule is CC(C)(NC(=O)C1CC1)c1cn(-c2cccc3ncccc23)nn1. The fourth-order valence-electron chi connectivity index (χ4n) is 2.77. The van der Waals surface area contributed by atoms with Crippen LogP contribution in [0.25, 0.3) is 16.6 Å². The van der Waals surface area contributed by atoms with Crippen LogP contribution in [0.15, 0.2) is 42.7 Å². The highest BCUT2D eigenvalue weighted by molar-refractivity contribution is 5.86. The summed E-state index contributed by atoms with van der Waals surface area (Å²) >= 11 is 0. The molecule has 0 unspecified atom stereocenters. The summed E-state index contributed by atoms with van der Waals surface area (Å²) in [4.78, 5) is 16.4. The number of pyridine rings is 1. The van der Waals surface area contributed by atoms with E-state index in [-0.39, 0.29) is 11.8 Å². The fourth-order valence-corrected chi connectivity index (χ4v) is 2.77. The van der Waals surface area contributed by atoms with E-state index in [9.17, 15) is 4.79 Å². The minimum absolute atomic E-state index is 0.101. The highest BCUT2D eigenvalue weighted by atomic mass is 16.2. The van der Waals surface area contributed by atoms with Gasteiger partial charge in [-0.05, 0) is 51.0 Å². The topological polar surface area (TPSA) is 72.7 Å². The molecular weight excluding hydrogens is 302 g/mol. The smallest absolute Gasteiger partial charge is 0.223 e. The Hall–Kier alpha value is -2.76. The van der Waals surface area contributed by atoms with E-state index in [0.29, 0.717) is 0 Å². The zero-order chi connectivity index (χ0) is 16.7. The Bertz CT molecular complexity index is 905. The highest BCUT2D eigenvalue weighted by Crippen LogP contribution is 2.31. The van der Waals surface area contributed by atoms with Crippen LogP contribution in [-0.4, -0.2) is 25.9 Å². The molecule has 2 heterocycles. The molecule has 6 nitrogen and oxygen atoms in total. The molecule has 1 aromatic carbocycles. The predicted octanol–water partition coefficient (Wildman–Crippen LogP) is 2.58. The number of carbonyl (C=O) groups excluding carboxylic acids is 1. The summed E-state index contributed by atoms with van der Waals surface area (Å²) in [6.45, 7) is 3.90. The van der Waals surface area contributed by atoms with Crippen LogP contribution in [0.5, 0.6) is 0 Å². The molecule has 6 heteroatoms. The van der Waals surface area contributed by atoms with Crippen LogP contribution in [0, 0.1) is 5.92 Å². The summed E-state index contributed by atoms with van der Waals surface area (Å²) in [6, 6.07) is 9.82. The molecule has 0 radical (unpaired) electrons. The van der Waals surface area contributed by atoms with Crippen LogP contribution in [0.2, 0.25) is 0 Å². The van der Waals surface area contributed by atoms with Crippen LogP contribution in [0.4, 0.5) is 0 Å². The number of carbonyl (C=O) groups is 1.